The Bertz CT molecular complexity index is 461. The Labute approximate surface area is 127 Å². The Balaban J connectivity index is 2.25. The number of aromatic nitrogens is 2. The van der Waals surface area contributed by atoms with Gasteiger partial charge in [0.1, 0.15) is 5.82 Å². The molecule has 0 spiro atoms. The second kappa shape index (κ2) is 6.27. The van der Waals surface area contributed by atoms with E-state index in [1.165, 1.54) is 0 Å². The lowest BCUT2D eigenvalue weighted by Gasteiger charge is -2.23. The minimum absolute atomic E-state index is 0.332. The molecule has 0 bridgehead atoms. The average molecular weight is 297 g/mol. The number of nitrogens with zero attached hydrogens (tertiary/aromatic N) is 4. The van der Waals surface area contributed by atoms with Crippen molar-refractivity contribution in [2.24, 2.45) is 5.92 Å². The summed E-state index contributed by atoms with van der Waals surface area (Å²) in [6.07, 6.45) is 1.95. The van der Waals surface area contributed by atoms with Gasteiger partial charge in [0.2, 0.25) is 0 Å². The zero-order valence-electron chi connectivity index (χ0n) is 13.1. The van der Waals surface area contributed by atoms with Crippen LogP contribution in [-0.2, 0) is 5.88 Å². The number of alkyl halides is 1. The lowest BCUT2D eigenvalue weighted by atomic mass is 10.1. The average Bonchev–Trinajstić information content (AvgIpc) is 2.80. The van der Waals surface area contributed by atoms with Crippen LogP contribution in [0.25, 0.3) is 0 Å². The summed E-state index contributed by atoms with van der Waals surface area (Å²) in [7, 11) is 4.29. The van der Waals surface area contributed by atoms with Gasteiger partial charge in [0, 0.05) is 25.0 Å². The lowest BCUT2D eigenvalue weighted by Crippen LogP contribution is -2.34. The highest BCUT2D eigenvalue weighted by atomic mass is 35.5. The van der Waals surface area contributed by atoms with Crippen molar-refractivity contribution in [1.82, 2.24) is 14.9 Å². The summed E-state index contributed by atoms with van der Waals surface area (Å²) in [5, 5.41) is 0. The largest absolute Gasteiger partial charge is 0.367 e. The standard InChI is InChI=1S/C15H25ClN4/c1-10(2)15-17-7-13(12(6-16)18-15)20-8-11(3)14(9-20)19(4)5/h7,10-11,14H,6,8-9H2,1-5H3. The van der Waals surface area contributed by atoms with Gasteiger partial charge >= 0.3 is 0 Å². The normalized spacial score (nSPS) is 23.1. The number of anilines is 1. The highest BCUT2D eigenvalue weighted by Gasteiger charge is 2.32. The van der Waals surface area contributed by atoms with Crippen molar-refractivity contribution >= 4 is 17.3 Å². The SMILES string of the molecule is CC(C)c1ncc(N2CC(C)C(N(C)C)C2)c(CCl)n1. The van der Waals surface area contributed by atoms with Gasteiger partial charge in [-0.25, -0.2) is 9.97 Å². The van der Waals surface area contributed by atoms with E-state index in [2.05, 4.69) is 54.6 Å². The van der Waals surface area contributed by atoms with Crippen LogP contribution in [0.3, 0.4) is 0 Å². The molecular formula is C15H25ClN4. The predicted molar refractivity (Wildman–Crippen MR) is 84.5 cm³/mol. The van der Waals surface area contributed by atoms with E-state index in [9.17, 15) is 0 Å². The fraction of sp³-hybridized carbons (Fsp3) is 0.733. The third-order valence-corrected chi connectivity index (χ3v) is 4.34. The molecule has 0 saturated carbocycles. The molecule has 2 unspecified atom stereocenters. The van der Waals surface area contributed by atoms with Crippen molar-refractivity contribution in [2.75, 3.05) is 32.1 Å². The Hall–Kier alpha value is -0.870. The third-order valence-electron chi connectivity index (χ3n) is 4.08. The maximum absolute atomic E-state index is 6.10. The van der Waals surface area contributed by atoms with Gasteiger partial charge in [0.05, 0.1) is 23.5 Å². The van der Waals surface area contributed by atoms with Crippen molar-refractivity contribution in [3.05, 3.63) is 17.7 Å². The minimum atomic E-state index is 0.332. The molecule has 0 radical (unpaired) electrons. The van der Waals surface area contributed by atoms with Crippen LogP contribution in [0.5, 0.6) is 0 Å². The Morgan fingerprint density at radius 2 is 2.10 bits per heavy atom. The van der Waals surface area contributed by atoms with Crippen LogP contribution in [0.2, 0.25) is 0 Å². The molecule has 2 rings (SSSR count). The van der Waals surface area contributed by atoms with E-state index < -0.39 is 0 Å². The smallest absolute Gasteiger partial charge is 0.131 e. The molecule has 1 aromatic heterocycles. The summed E-state index contributed by atoms with van der Waals surface area (Å²) in [6, 6.07) is 0.572. The maximum atomic E-state index is 6.10. The number of hydrogen-bond acceptors (Lipinski definition) is 4. The van der Waals surface area contributed by atoms with E-state index in [4.69, 9.17) is 11.6 Å². The second-order valence-electron chi connectivity index (χ2n) is 6.26. The molecule has 1 saturated heterocycles. The zero-order valence-corrected chi connectivity index (χ0v) is 13.9. The van der Waals surface area contributed by atoms with Crippen molar-refractivity contribution in [3.8, 4) is 0 Å². The molecule has 112 valence electrons. The van der Waals surface area contributed by atoms with Gasteiger partial charge in [-0.15, -0.1) is 11.6 Å². The van der Waals surface area contributed by atoms with Crippen LogP contribution in [-0.4, -0.2) is 48.1 Å². The number of likely N-dealkylation sites (N-methyl/N-ethyl adjacent to an activating group) is 1. The highest BCUT2D eigenvalue weighted by Crippen LogP contribution is 2.29. The van der Waals surface area contributed by atoms with Gasteiger partial charge < -0.3 is 9.80 Å². The van der Waals surface area contributed by atoms with E-state index in [1.54, 1.807) is 0 Å². The molecule has 0 N–H and O–H groups in total. The Morgan fingerprint density at radius 3 is 2.60 bits per heavy atom. The van der Waals surface area contributed by atoms with Crippen molar-refractivity contribution < 1.29 is 0 Å². The molecular weight excluding hydrogens is 272 g/mol. The van der Waals surface area contributed by atoms with Crippen LogP contribution in [0.15, 0.2) is 6.20 Å². The van der Waals surface area contributed by atoms with Crippen molar-refractivity contribution in [3.63, 3.8) is 0 Å². The molecule has 1 aliphatic heterocycles. The van der Waals surface area contributed by atoms with Crippen molar-refractivity contribution in [2.45, 2.75) is 38.6 Å². The van der Waals surface area contributed by atoms with E-state index in [0.29, 0.717) is 23.8 Å². The van der Waals surface area contributed by atoms with Crippen molar-refractivity contribution in [1.29, 1.82) is 0 Å². The first-order valence-corrected chi connectivity index (χ1v) is 7.80. The fourth-order valence-corrected chi connectivity index (χ4v) is 3.08. The van der Waals surface area contributed by atoms with Gasteiger partial charge in [0.25, 0.3) is 0 Å². The first kappa shape index (κ1) is 15.5. The van der Waals surface area contributed by atoms with Gasteiger partial charge in [0.15, 0.2) is 0 Å². The number of rotatable bonds is 4. The summed E-state index contributed by atoms with van der Waals surface area (Å²) < 4.78 is 0. The molecule has 4 nitrogen and oxygen atoms in total. The second-order valence-corrected chi connectivity index (χ2v) is 6.53. The molecule has 2 atom stereocenters. The van der Waals surface area contributed by atoms with Crippen LogP contribution in [0.4, 0.5) is 5.69 Å². The minimum Gasteiger partial charge on any atom is -0.367 e. The van der Waals surface area contributed by atoms with Gasteiger partial charge in [-0.3, -0.25) is 0 Å². The Morgan fingerprint density at radius 1 is 1.40 bits per heavy atom. The first-order chi connectivity index (χ1) is 9.43. The molecule has 0 aromatic carbocycles. The Kier molecular flexibility index (Phi) is 4.86. The summed E-state index contributed by atoms with van der Waals surface area (Å²) >= 11 is 6.10. The monoisotopic (exact) mass is 296 g/mol. The molecule has 0 amide bonds. The number of hydrogen-bond donors (Lipinski definition) is 0. The van der Waals surface area contributed by atoms with Gasteiger partial charge in [-0.2, -0.15) is 0 Å². The van der Waals surface area contributed by atoms with E-state index in [-0.39, 0.29) is 0 Å². The van der Waals surface area contributed by atoms with E-state index in [0.717, 1.165) is 30.3 Å². The summed E-state index contributed by atoms with van der Waals surface area (Å²) in [5.41, 5.74) is 2.05. The highest BCUT2D eigenvalue weighted by molar-refractivity contribution is 6.17. The molecule has 1 aliphatic rings. The van der Waals surface area contributed by atoms with Crippen LogP contribution in [0.1, 0.15) is 38.2 Å². The third kappa shape index (κ3) is 3.07. The lowest BCUT2D eigenvalue weighted by molar-refractivity contribution is 0.266. The summed E-state index contributed by atoms with van der Waals surface area (Å²) in [6.45, 7) is 8.56. The predicted octanol–water partition coefficient (Wildman–Crippen LogP) is 2.73. The molecule has 0 aliphatic carbocycles. The zero-order chi connectivity index (χ0) is 14.9. The molecule has 20 heavy (non-hydrogen) atoms. The molecule has 1 fully saturated rings. The topological polar surface area (TPSA) is 32.3 Å². The van der Waals surface area contributed by atoms with E-state index >= 15 is 0 Å². The van der Waals surface area contributed by atoms with E-state index in [1.807, 2.05) is 6.20 Å². The van der Waals surface area contributed by atoms with Crippen LogP contribution >= 0.6 is 11.6 Å². The van der Waals surface area contributed by atoms with Crippen LogP contribution in [0, 0.1) is 5.92 Å². The first-order valence-electron chi connectivity index (χ1n) is 7.27. The maximum Gasteiger partial charge on any atom is 0.131 e. The van der Waals surface area contributed by atoms with Gasteiger partial charge in [-0.1, -0.05) is 20.8 Å². The summed E-state index contributed by atoms with van der Waals surface area (Å²) in [5.74, 6) is 2.28. The van der Waals surface area contributed by atoms with Crippen LogP contribution < -0.4 is 4.90 Å². The molecule has 5 heteroatoms. The quantitative estimate of drug-likeness (QED) is 0.800. The summed E-state index contributed by atoms with van der Waals surface area (Å²) in [4.78, 5) is 13.8. The number of halogens is 1. The molecule has 1 aromatic rings. The fourth-order valence-electron chi connectivity index (χ4n) is 2.89. The molecule has 2 heterocycles. The van der Waals surface area contributed by atoms with Gasteiger partial charge in [-0.05, 0) is 20.0 Å².